The van der Waals surface area contributed by atoms with Gasteiger partial charge in [-0.05, 0) is 24.6 Å². The van der Waals surface area contributed by atoms with Gasteiger partial charge >= 0.3 is 0 Å². The number of hydrogen-bond acceptors (Lipinski definition) is 2. The molecule has 0 saturated carbocycles. The molecule has 1 amide bonds. The van der Waals surface area contributed by atoms with Gasteiger partial charge < -0.3 is 9.88 Å². The minimum Gasteiger partial charge on any atom is -0.364 e. The van der Waals surface area contributed by atoms with E-state index >= 15 is 0 Å². The average molecular weight is 291 g/mol. The first-order chi connectivity index (χ1) is 9.47. The number of carbonyl (C=O) groups is 1. The summed E-state index contributed by atoms with van der Waals surface area (Å²) in [6, 6.07) is 8.67. The molecule has 0 aliphatic heterocycles. The van der Waals surface area contributed by atoms with Crippen LogP contribution in [-0.2, 0) is 6.54 Å². The van der Waals surface area contributed by atoms with Crippen molar-refractivity contribution < 1.29 is 4.79 Å². The largest absolute Gasteiger partial charge is 0.364 e. The molecule has 0 bridgehead atoms. The molecule has 2 rings (SSSR count). The molecule has 0 unspecified atom stereocenters. The normalized spacial score (nSPS) is 10.3. The third-order valence-electron chi connectivity index (χ3n) is 2.97. The van der Waals surface area contributed by atoms with Crippen LogP contribution >= 0.6 is 11.6 Å². The maximum absolute atomic E-state index is 12.2. The van der Waals surface area contributed by atoms with E-state index in [4.69, 9.17) is 11.6 Å². The Labute approximate surface area is 122 Å². The van der Waals surface area contributed by atoms with Crippen LogP contribution in [0.4, 0.5) is 0 Å². The Bertz CT molecular complexity index is 677. The molecule has 104 valence electrons. The fourth-order valence-electron chi connectivity index (χ4n) is 1.88. The van der Waals surface area contributed by atoms with E-state index in [2.05, 4.69) is 4.98 Å². The summed E-state index contributed by atoms with van der Waals surface area (Å²) < 4.78 is 0. The molecule has 0 saturated heterocycles. The van der Waals surface area contributed by atoms with Gasteiger partial charge in [0.05, 0.1) is 0 Å². The summed E-state index contributed by atoms with van der Waals surface area (Å²) in [6.45, 7) is 2.19. The van der Waals surface area contributed by atoms with Gasteiger partial charge in [-0.1, -0.05) is 23.7 Å². The highest BCUT2D eigenvalue weighted by molar-refractivity contribution is 6.30. The zero-order valence-corrected chi connectivity index (χ0v) is 12.1. The molecule has 1 aromatic carbocycles. The highest BCUT2D eigenvalue weighted by Crippen LogP contribution is 2.11. The molecule has 4 nitrogen and oxygen atoms in total. The van der Waals surface area contributed by atoms with Gasteiger partial charge in [-0.3, -0.25) is 9.59 Å². The topological polar surface area (TPSA) is 53.2 Å². The van der Waals surface area contributed by atoms with E-state index in [9.17, 15) is 9.59 Å². The van der Waals surface area contributed by atoms with Crippen LogP contribution in [0.25, 0.3) is 0 Å². The van der Waals surface area contributed by atoms with Crippen molar-refractivity contribution in [3.05, 3.63) is 68.6 Å². The van der Waals surface area contributed by atoms with Crippen molar-refractivity contribution in [3.8, 4) is 0 Å². The zero-order valence-electron chi connectivity index (χ0n) is 11.3. The van der Waals surface area contributed by atoms with Crippen LogP contribution in [0.3, 0.4) is 0 Å². The summed E-state index contributed by atoms with van der Waals surface area (Å²) in [5.74, 6) is -0.304. The third kappa shape index (κ3) is 3.27. The monoisotopic (exact) mass is 290 g/mol. The number of carbonyl (C=O) groups excluding carboxylic acids is 1. The molecule has 0 atom stereocenters. The molecule has 0 aliphatic rings. The molecular weight excluding hydrogens is 276 g/mol. The lowest BCUT2D eigenvalue weighted by Crippen LogP contribution is -2.30. The van der Waals surface area contributed by atoms with Crippen molar-refractivity contribution in [2.24, 2.45) is 0 Å². The first-order valence-electron chi connectivity index (χ1n) is 6.16. The van der Waals surface area contributed by atoms with E-state index < -0.39 is 0 Å². The summed E-state index contributed by atoms with van der Waals surface area (Å²) in [6.07, 6.45) is 1.46. The number of nitrogens with zero attached hydrogens (tertiary/aromatic N) is 1. The van der Waals surface area contributed by atoms with Crippen molar-refractivity contribution in [2.75, 3.05) is 7.05 Å². The second-order valence-corrected chi connectivity index (χ2v) is 5.12. The lowest BCUT2D eigenvalue weighted by atomic mass is 10.2. The number of halogens is 1. The number of nitrogens with one attached hydrogen (secondary N) is 1. The molecule has 1 heterocycles. The predicted molar refractivity (Wildman–Crippen MR) is 79.0 cm³/mol. The van der Waals surface area contributed by atoms with Crippen LogP contribution in [0, 0.1) is 6.92 Å². The van der Waals surface area contributed by atoms with Gasteiger partial charge in [-0.2, -0.15) is 0 Å². The van der Waals surface area contributed by atoms with Crippen LogP contribution < -0.4 is 5.43 Å². The van der Waals surface area contributed by atoms with Crippen LogP contribution in [0.5, 0.6) is 0 Å². The number of aryl methyl sites for hydroxylation is 1. The minimum atomic E-state index is -0.304. The molecule has 0 radical (unpaired) electrons. The SMILES string of the molecule is Cc1cc(=O)c(C(=O)N(C)Cc2ccc(Cl)cc2)c[nH]1. The van der Waals surface area contributed by atoms with Crippen molar-refractivity contribution in [1.29, 1.82) is 0 Å². The Morgan fingerprint density at radius 3 is 2.55 bits per heavy atom. The van der Waals surface area contributed by atoms with E-state index in [-0.39, 0.29) is 16.9 Å². The smallest absolute Gasteiger partial charge is 0.259 e. The summed E-state index contributed by atoms with van der Waals surface area (Å²) >= 11 is 5.82. The van der Waals surface area contributed by atoms with Gasteiger partial charge in [-0.15, -0.1) is 0 Å². The number of benzene rings is 1. The second kappa shape index (κ2) is 5.92. The summed E-state index contributed by atoms with van der Waals surface area (Å²) in [4.78, 5) is 28.4. The van der Waals surface area contributed by atoms with Crippen LogP contribution in [0.15, 0.2) is 41.3 Å². The molecule has 1 N–H and O–H groups in total. The van der Waals surface area contributed by atoms with Gasteiger partial charge in [0.15, 0.2) is 5.43 Å². The van der Waals surface area contributed by atoms with Gasteiger partial charge in [-0.25, -0.2) is 0 Å². The van der Waals surface area contributed by atoms with E-state index in [1.807, 2.05) is 12.1 Å². The maximum atomic E-state index is 12.2. The summed E-state index contributed by atoms with van der Waals surface area (Å²) in [5, 5.41) is 0.651. The number of H-pyrrole nitrogens is 1. The lowest BCUT2D eigenvalue weighted by molar-refractivity contribution is 0.0783. The minimum absolute atomic E-state index is 0.145. The number of amides is 1. The molecule has 0 fully saturated rings. The van der Waals surface area contributed by atoms with E-state index in [0.29, 0.717) is 11.6 Å². The quantitative estimate of drug-likeness (QED) is 0.945. The standard InChI is InChI=1S/C15H15ClN2O2/c1-10-7-14(19)13(8-17-10)15(20)18(2)9-11-3-5-12(16)6-4-11/h3-8H,9H2,1-2H3,(H,17,19). The molecule has 0 aliphatic carbocycles. The average Bonchev–Trinajstić information content (AvgIpc) is 2.40. The molecule has 5 heteroatoms. The Morgan fingerprint density at radius 2 is 1.95 bits per heavy atom. The van der Waals surface area contributed by atoms with Crippen LogP contribution in [-0.4, -0.2) is 22.8 Å². The van der Waals surface area contributed by atoms with Gasteiger partial charge in [0, 0.05) is 36.6 Å². The molecular formula is C15H15ClN2O2. The van der Waals surface area contributed by atoms with Crippen molar-refractivity contribution in [1.82, 2.24) is 9.88 Å². The van der Waals surface area contributed by atoms with Gasteiger partial charge in [0.25, 0.3) is 5.91 Å². The number of hydrogen-bond donors (Lipinski definition) is 1. The maximum Gasteiger partial charge on any atom is 0.259 e. The highest BCUT2D eigenvalue weighted by Gasteiger charge is 2.15. The molecule has 20 heavy (non-hydrogen) atoms. The Balaban J connectivity index is 2.16. The Kier molecular flexibility index (Phi) is 4.25. The number of rotatable bonds is 3. The fourth-order valence-corrected chi connectivity index (χ4v) is 2.01. The zero-order chi connectivity index (χ0) is 14.7. The first-order valence-corrected chi connectivity index (χ1v) is 6.54. The van der Waals surface area contributed by atoms with Crippen LogP contribution in [0.1, 0.15) is 21.6 Å². The number of pyridine rings is 1. The lowest BCUT2D eigenvalue weighted by Gasteiger charge is -2.17. The molecule has 0 spiro atoms. The van der Waals surface area contributed by atoms with E-state index in [0.717, 1.165) is 11.3 Å². The number of aromatic nitrogens is 1. The fraction of sp³-hybridized carbons (Fsp3) is 0.200. The Morgan fingerprint density at radius 1 is 1.30 bits per heavy atom. The van der Waals surface area contributed by atoms with E-state index in [1.54, 1.807) is 26.1 Å². The third-order valence-corrected chi connectivity index (χ3v) is 3.22. The predicted octanol–water partition coefficient (Wildman–Crippen LogP) is 2.61. The second-order valence-electron chi connectivity index (χ2n) is 4.68. The highest BCUT2D eigenvalue weighted by atomic mass is 35.5. The van der Waals surface area contributed by atoms with Gasteiger partial charge in [0.1, 0.15) is 5.56 Å². The summed E-state index contributed by atoms with van der Waals surface area (Å²) in [7, 11) is 1.66. The molecule has 2 aromatic rings. The van der Waals surface area contributed by atoms with Crippen LogP contribution in [0.2, 0.25) is 5.02 Å². The first kappa shape index (κ1) is 14.3. The van der Waals surface area contributed by atoms with Gasteiger partial charge in [0.2, 0.25) is 0 Å². The van der Waals surface area contributed by atoms with E-state index in [1.165, 1.54) is 17.2 Å². The summed E-state index contributed by atoms with van der Waals surface area (Å²) in [5.41, 5.74) is 1.56. The Hall–Kier alpha value is -2.07. The van der Waals surface area contributed by atoms with Crippen molar-refractivity contribution in [3.63, 3.8) is 0 Å². The van der Waals surface area contributed by atoms with Crippen molar-refractivity contribution >= 4 is 17.5 Å². The number of aromatic amines is 1. The van der Waals surface area contributed by atoms with Crippen molar-refractivity contribution in [2.45, 2.75) is 13.5 Å². The molecule has 1 aromatic heterocycles.